The third-order valence-electron chi connectivity index (χ3n) is 9.35. The van der Waals surface area contributed by atoms with Crippen LogP contribution in [0.25, 0.3) is 0 Å². The molecule has 15 heteroatoms. The average Bonchev–Trinajstić information content (AvgIpc) is 2.99. The van der Waals surface area contributed by atoms with E-state index in [9.17, 15) is 54.3 Å². The minimum Gasteiger partial charge on any atom is -0.549 e. The summed E-state index contributed by atoms with van der Waals surface area (Å²) in [5.41, 5.74) is 0. The Kier molecular flexibility index (Phi) is 18.3. The van der Waals surface area contributed by atoms with Gasteiger partial charge in [0, 0.05) is 70.9 Å². The molecule has 0 aromatic carbocycles. The number of carbonyl (C=O) groups excluding carboxylic acids is 6. The van der Waals surface area contributed by atoms with Crippen LogP contribution < -0.4 is 30.8 Å². The Morgan fingerprint density at radius 2 is 0.979 bits per heavy atom. The van der Waals surface area contributed by atoms with E-state index in [0.717, 1.165) is 61.2 Å². The molecule has 2 fully saturated rings. The zero-order valence-corrected chi connectivity index (χ0v) is 27.2. The normalized spacial score (nSPS) is 16.9. The van der Waals surface area contributed by atoms with Crippen LogP contribution in [0.4, 0.5) is 0 Å². The average molecular weight is 666 g/mol. The molecule has 0 aromatic rings. The van der Waals surface area contributed by atoms with Crippen molar-refractivity contribution in [3.05, 3.63) is 0 Å². The number of rotatable bonds is 24. The van der Waals surface area contributed by atoms with Crippen molar-refractivity contribution < 1.29 is 54.3 Å². The monoisotopic (exact) mass is 665 g/mol. The topological polar surface area (TPSA) is 239 Å². The van der Waals surface area contributed by atoms with Crippen molar-refractivity contribution in [3.63, 3.8) is 0 Å². The molecule has 0 radical (unpaired) electrons. The van der Waals surface area contributed by atoms with E-state index in [-0.39, 0.29) is 44.4 Å². The molecule has 0 aromatic heterocycles. The summed E-state index contributed by atoms with van der Waals surface area (Å²) in [5.74, 6) is -6.89. The Bertz CT molecular complexity index is 941. The fourth-order valence-corrected chi connectivity index (χ4v) is 7.16. The van der Waals surface area contributed by atoms with Crippen molar-refractivity contribution >= 4 is 35.8 Å². The first-order valence-electron chi connectivity index (χ1n) is 16.8. The van der Waals surface area contributed by atoms with Crippen LogP contribution in [0.2, 0.25) is 0 Å². The van der Waals surface area contributed by atoms with Gasteiger partial charge in [-0.25, -0.2) is 0 Å². The van der Waals surface area contributed by atoms with Crippen LogP contribution in [-0.2, 0) is 28.8 Å². The first-order chi connectivity index (χ1) is 22.4. The second kappa shape index (κ2) is 21.5. The van der Waals surface area contributed by atoms with Crippen LogP contribution >= 0.6 is 0 Å². The maximum absolute atomic E-state index is 13.4. The van der Waals surface area contributed by atoms with Crippen molar-refractivity contribution in [2.75, 3.05) is 58.9 Å². The summed E-state index contributed by atoms with van der Waals surface area (Å²) < 4.78 is 0. The molecular weight excluding hydrogens is 616 g/mol. The van der Waals surface area contributed by atoms with Gasteiger partial charge in [0.1, 0.15) is 0 Å². The molecule has 0 bridgehead atoms. The Morgan fingerprint density at radius 3 is 1.34 bits per heavy atom. The zero-order chi connectivity index (χ0) is 34.8. The molecule has 0 saturated heterocycles. The summed E-state index contributed by atoms with van der Waals surface area (Å²) in [6.07, 6.45) is 12.1. The van der Waals surface area contributed by atoms with E-state index < -0.39 is 62.1 Å². The minimum absolute atomic E-state index is 0.0167. The van der Waals surface area contributed by atoms with E-state index >= 15 is 0 Å². The van der Waals surface area contributed by atoms with E-state index in [1.807, 2.05) is 0 Å². The summed E-state index contributed by atoms with van der Waals surface area (Å²) in [6.45, 7) is -3.51. The lowest BCUT2D eigenvalue weighted by atomic mass is 9.69. The number of carboxylic acids is 5. The van der Waals surface area contributed by atoms with Gasteiger partial charge < -0.3 is 54.8 Å². The number of hydrogen-bond acceptors (Lipinski definition) is 14. The molecule has 1 atom stereocenters. The molecule has 0 spiro atoms. The molecule has 47 heavy (non-hydrogen) atoms. The molecule has 0 aliphatic heterocycles. The number of carboxylic acid groups (broad SMARTS) is 5. The van der Waals surface area contributed by atoms with Gasteiger partial charge in [-0.1, -0.05) is 38.5 Å². The number of aliphatic carboxylic acids is 5. The van der Waals surface area contributed by atoms with Crippen molar-refractivity contribution in [3.8, 4) is 0 Å². The smallest absolute Gasteiger partial charge is 0.223 e. The highest BCUT2D eigenvalue weighted by Crippen LogP contribution is 2.40. The molecule has 268 valence electrons. The highest BCUT2D eigenvalue weighted by Gasteiger charge is 2.36. The lowest BCUT2D eigenvalue weighted by Crippen LogP contribution is -2.54. The van der Waals surface area contributed by atoms with Crippen LogP contribution in [0.3, 0.4) is 0 Å². The maximum atomic E-state index is 13.4. The predicted molar refractivity (Wildman–Crippen MR) is 157 cm³/mol. The second-order valence-electron chi connectivity index (χ2n) is 12.9. The van der Waals surface area contributed by atoms with Crippen molar-refractivity contribution in [1.82, 2.24) is 20.0 Å². The molecule has 2 aliphatic rings. The largest absolute Gasteiger partial charge is 0.549 e. The van der Waals surface area contributed by atoms with Gasteiger partial charge in [-0.05, 0) is 56.8 Å². The Balaban J connectivity index is 2.05. The molecule has 1 N–H and O–H groups in total. The van der Waals surface area contributed by atoms with Gasteiger partial charge in [0.15, 0.2) is 0 Å². The third-order valence-corrected chi connectivity index (χ3v) is 9.35. The third kappa shape index (κ3) is 15.9. The van der Waals surface area contributed by atoms with Gasteiger partial charge in [0.05, 0.1) is 29.8 Å². The van der Waals surface area contributed by atoms with Gasteiger partial charge in [0.25, 0.3) is 0 Å². The van der Waals surface area contributed by atoms with Crippen LogP contribution in [0.1, 0.15) is 83.5 Å². The maximum Gasteiger partial charge on any atom is 0.223 e. The molecule has 2 rings (SSSR count). The number of hydrogen-bond donors (Lipinski definition) is 1. The van der Waals surface area contributed by atoms with Crippen LogP contribution in [0, 0.1) is 17.8 Å². The summed E-state index contributed by atoms with van der Waals surface area (Å²) in [4.78, 5) is 73.6. The molecule has 2 aliphatic carbocycles. The number of amides is 1. The Labute approximate surface area is 276 Å². The number of carbonyl (C=O) groups is 6. The van der Waals surface area contributed by atoms with Gasteiger partial charge in [-0.3, -0.25) is 19.5 Å². The van der Waals surface area contributed by atoms with Gasteiger partial charge in [-0.2, -0.15) is 0 Å². The molecule has 2 saturated carbocycles. The summed E-state index contributed by atoms with van der Waals surface area (Å²) in [5, 5.41) is 59.9. The van der Waals surface area contributed by atoms with Crippen molar-refractivity contribution in [1.29, 1.82) is 0 Å². The van der Waals surface area contributed by atoms with Gasteiger partial charge >= 0.3 is 0 Å². The Morgan fingerprint density at radius 1 is 0.574 bits per heavy atom. The van der Waals surface area contributed by atoms with Gasteiger partial charge in [0.2, 0.25) is 5.91 Å². The van der Waals surface area contributed by atoms with Gasteiger partial charge in [-0.15, -0.1) is 0 Å². The van der Waals surface area contributed by atoms with Crippen LogP contribution in [0.5, 0.6) is 0 Å². The SMILES string of the molecule is O=C([O-])CN(CCN(CCN(CC(=O)[O-])CC(=O)[O-])[C@@H](CCCCNC(=O)C(C1CCCCC1)C1CCCCC1)C(=O)[O-])CC(=O)[O-]. The van der Waals surface area contributed by atoms with Crippen molar-refractivity contribution in [2.45, 2.75) is 89.5 Å². The quantitative estimate of drug-likeness (QED) is 0.0951. The number of unbranched alkanes of at least 4 members (excludes halogenated alkanes) is 1. The minimum atomic E-state index is -1.56. The molecule has 1 amide bonds. The van der Waals surface area contributed by atoms with E-state index in [2.05, 4.69) is 5.32 Å². The van der Waals surface area contributed by atoms with Crippen LogP contribution in [-0.4, -0.2) is 115 Å². The summed E-state index contributed by atoms with van der Waals surface area (Å²) in [7, 11) is 0. The van der Waals surface area contributed by atoms with E-state index in [4.69, 9.17) is 0 Å². The molecule has 15 nitrogen and oxygen atoms in total. The predicted octanol–water partition coefficient (Wildman–Crippen LogP) is -4.93. The lowest BCUT2D eigenvalue weighted by molar-refractivity contribution is -0.314. The number of nitrogens with zero attached hydrogens (tertiary/aromatic N) is 3. The fraction of sp³-hybridized carbons (Fsp3) is 0.812. The summed E-state index contributed by atoms with van der Waals surface area (Å²) in [6, 6.07) is -1.26. The summed E-state index contributed by atoms with van der Waals surface area (Å²) >= 11 is 0. The highest BCUT2D eigenvalue weighted by molar-refractivity contribution is 5.79. The first-order valence-corrected chi connectivity index (χ1v) is 16.8. The first kappa shape index (κ1) is 39.9. The molecule has 0 unspecified atom stereocenters. The lowest BCUT2D eigenvalue weighted by Gasteiger charge is -2.37. The highest BCUT2D eigenvalue weighted by atomic mass is 16.4. The van der Waals surface area contributed by atoms with E-state index in [1.165, 1.54) is 17.7 Å². The Hall–Kier alpha value is -3.30. The van der Waals surface area contributed by atoms with Crippen LogP contribution in [0.15, 0.2) is 0 Å². The molecule has 0 heterocycles. The van der Waals surface area contributed by atoms with Crippen molar-refractivity contribution in [2.24, 2.45) is 17.8 Å². The fourth-order valence-electron chi connectivity index (χ4n) is 7.16. The molecular formula is C32H49N4O11-5. The van der Waals surface area contributed by atoms with E-state index in [0.29, 0.717) is 31.2 Å². The standard InChI is InChI=1S/C32H54N4O11/c37-26(38)19-34(20-27(39)40)15-17-36(18-16-35(21-28(41)42)22-29(43)44)25(32(46)47)13-7-8-14-33-31(45)30(23-9-3-1-4-10-23)24-11-5-2-6-12-24/h23-25,30H,1-22H2,(H,33,45)(H,37,38)(H,39,40)(H,41,42)(H,43,44)(H,46,47)/p-5/t25-/m0/s1. The van der Waals surface area contributed by atoms with E-state index in [1.54, 1.807) is 0 Å². The zero-order valence-electron chi connectivity index (χ0n) is 27.2. The number of nitrogens with one attached hydrogen (secondary N) is 1. The second-order valence-corrected chi connectivity index (χ2v) is 12.9.